The highest BCUT2D eigenvalue weighted by atomic mass is 16.7. The zero-order valence-electron chi connectivity index (χ0n) is 24.8. The molecule has 1 heterocycles. The van der Waals surface area contributed by atoms with Gasteiger partial charge in [-0.05, 0) is 41.9 Å². The van der Waals surface area contributed by atoms with Gasteiger partial charge in [0.05, 0.1) is 43.1 Å². The fraction of sp³-hybridized carbons (Fsp3) is 0.303. The summed E-state index contributed by atoms with van der Waals surface area (Å²) in [5.74, 6) is -2.02. The van der Waals surface area contributed by atoms with Crippen LogP contribution in [0.15, 0.2) is 108 Å². The normalized spacial score (nSPS) is 17.0. The minimum Gasteiger partial charge on any atom is -0.463 e. The molecule has 0 saturated carbocycles. The minimum atomic E-state index is -1.21. The lowest BCUT2D eigenvalue weighted by atomic mass is 10.0. The van der Waals surface area contributed by atoms with Gasteiger partial charge in [0.15, 0.2) is 18.3 Å². The first-order valence-electron chi connectivity index (χ1n) is 14.5. The molecule has 2 unspecified atom stereocenters. The van der Waals surface area contributed by atoms with Crippen molar-refractivity contribution < 1.29 is 47.5 Å². The van der Waals surface area contributed by atoms with E-state index in [0.29, 0.717) is 12.2 Å². The molecule has 3 aromatic rings. The molecule has 0 saturated heterocycles. The van der Waals surface area contributed by atoms with Crippen LogP contribution >= 0.6 is 0 Å². The first-order valence-corrected chi connectivity index (χ1v) is 14.5. The van der Waals surface area contributed by atoms with Crippen molar-refractivity contribution in [2.45, 2.75) is 18.3 Å². The first kappa shape index (κ1) is 33.5. The number of carbonyl (C=O) groups is 3. The van der Waals surface area contributed by atoms with Crippen LogP contribution in [0, 0.1) is 0 Å². The number of hydrogen-bond acceptors (Lipinski definition) is 11. The maximum Gasteiger partial charge on any atom is 0.338 e. The number of benzene rings is 3. The molecule has 0 spiro atoms. The molecule has 0 bridgehead atoms. The molecule has 0 N–H and O–H groups in total. The second kappa shape index (κ2) is 18.4. The average Bonchev–Trinajstić information content (AvgIpc) is 3.10. The number of carbonyl (C=O) groups excluding carboxylic acids is 3. The predicted octanol–water partition coefficient (Wildman–Crippen LogP) is 4.89. The summed E-state index contributed by atoms with van der Waals surface area (Å²) < 4.78 is 39.7. The maximum absolute atomic E-state index is 13.1. The van der Waals surface area contributed by atoms with Crippen molar-refractivity contribution in [3.8, 4) is 0 Å². The number of esters is 3. The van der Waals surface area contributed by atoms with Crippen LogP contribution in [0.25, 0.3) is 10.4 Å². The lowest BCUT2D eigenvalue weighted by molar-refractivity contribution is -0.137. The molecule has 0 amide bonds. The van der Waals surface area contributed by atoms with Gasteiger partial charge in [-0.2, -0.15) is 0 Å². The highest BCUT2D eigenvalue weighted by Crippen LogP contribution is 2.27. The fourth-order valence-electron chi connectivity index (χ4n) is 4.17. The number of azide groups is 1. The largest absolute Gasteiger partial charge is 0.463 e. The van der Waals surface area contributed by atoms with E-state index in [9.17, 15) is 14.4 Å². The molecule has 3 atom stereocenters. The van der Waals surface area contributed by atoms with Gasteiger partial charge >= 0.3 is 17.9 Å². The maximum atomic E-state index is 13.1. The lowest BCUT2D eigenvalue weighted by Crippen LogP contribution is -2.49. The molecule has 1 aliphatic heterocycles. The fourth-order valence-corrected chi connectivity index (χ4v) is 4.17. The predicted molar refractivity (Wildman–Crippen MR) is 163 cm³/mol. The summed E-state index contributed by atoms with van der Waals surface area (Å²) >= 11 is 0. The van der Waals surface area contributed by atoms with Gasteiger partial charge in [0.2, 0.25) is 0 Å². The molecular formula is C33H33N3O10. The molecule has 46 heavy (non-hydrogen) atoms. The van der Waals surface area contributed by atoms with Crippen LogP contribution in [0.1, 0.15) is 31.1 Å². The molecule has 3 aromatic carbocycles. The van der Waals surface area contributed by atoms with E-state index in [0.717, 1.165) is 0 Å². The van der Waals surface area contributed by atoms with E-state index in [1.165, 1.54) is 6.08 Å². The van der Waals surface area contributed by atoms with Gasteiger partial charge in [-0.15, -0.1) is 0 Å². The summed E-state index contributed by atoms with van der Waals surface area (Å²) in [5.41, 5.74) is 9.14. The van der Waals surface area contributed by atoms with E-state index in [2.05, 4.69) is 10.0 Å². The van der Waals surface area contributed by atoms with E-state index < -0.39 is 36.2 Å². The van der Waals surface area contributed by atoms with Crippen LogP contribution in [-0.4, -0.2) is 82.4 Å². The summed E-state index contributed by atoms with van der Waals surface area (Å²) in [6, 6.07) is 25.0. The van der Waals surface area contributed by atoms with Crippen LogP contribution in [0.5, 0.6) is 0 Å². The second-order valence-electron chi connectivity index (χ2n) is 9.61. The van der Waals surface area contributed by atoms with Crippen molar-refractivity contribution in [3.63, 3.8) is 0 Å². The quantitative estimate of drug-likeness (QED) is 0.0500. The summed E-state index contributed by atoms with van der Waals surface area (Å²) in [4.78, 5) is 41.7. The summed E-state index contributed by atoms with van der Waals surface area (Å²) in [6.45, 7) is 0.923. The van der Waals surface area contributed by atoms with E-state index >= 15 is 0 Å². The molecular weight excluding hydrogens is 598 g/mol. The molecule has 4 rings (SSSR count). The highest BCUT2D eigenvalue weighted by molar-refractivity contribution is 5.91. The average molecular weight is 632 g/mol. The van der Waals surface area contributed by atoms with E-state index in [1.54, 1.807) is 91.0 Å². The highest BCUT2D eigenvalue weighted by Gasteiger charge is 2.42. The Balaban J connectivity index is 1.48. The molecule has 13 nitrogen and oxygen atoms in total. The Bertz CT molecular complexity index is 1480. The van der Waals surface area contributed by atoms with Gasteiger partial charge in [0.25, 0.3) is 5.95 Å². The van der Waals surface area contributed by atoms with Gasteiger partial charge in [-0.1, -0.05) is 59.7 Å². The number of ether oxygens (including phenoxy) is 7. The van der Waals surface area contributed by atoms with Gasteiger partial charge in [-0.25, -0.2) is 14.4 Å². The minimum absolute atomic E-state index is 0.0344. The van der Waals surface area contributed by atoms with Crippen molar-refractivity contribution in [1.29, 1.82) is 0 Å². The molecule has 240 valence electrons. The van der Waals surface area contributed by atoms with Gasteiger partial charge in [-0.3, -0.25) is 0 Å². The van der Waals surface area contributed by atoms with Crippen LogP contribution in [-0.2, 0) is 33.2 Å². The first-order chi connectivity index (χ1) is 22.5. The molecule has 0 aliphatic carbocycles. The zero-order valence-corrected chi connectivity index (χ0v) is 24.8. The SMILES string of the molecule is [N-]=[N+]=NCCOCCOCCOC1=CC(OC(=O)c2ccccc2)[C@H](OC(=O)c2ccccc2)C(COC(=O)c2ccccc2)O1. The Morgan fingerprint density at radius 3 is 1.80 bits per heavy atom. The Hall–Kier alpha value is -5.36. The Kier molecular flexibility index (Phi) is 13.4. The van der Waals surface area contributed by atoms with Crippen LogP contribution in [0.3, 0.4) is 0 Å². The van der Waals surface area contributed by atoms with Crippen molar-refractivity contribution >= 4 is 17.9 Å². The Labute approximate surface area is 265 Å². The summed E-state index contributed by atoms with van der Waals surface area (Å²) in [6.07, 6.45) is -2.11. The van der Waals surface area contributed by atoms with Crippen LogP contribution < -0.4 is 0 Å². The molecule has 13 heteroatoms. The van der Waals surface area contributed by atoms with Crippen molar-refractivity contribution in [3.05, 3.63) is 130 Å². The van der Waals surface area contributed by atoms with Crippen molar-refractivity contribution in [2.24, 2.45) is 5.11 Å². The molecule has 0 aromatic heterocycles. The third kappa shape index (κ3) is 10.7. The standard InChI is InChI=1S/C33H33N3O10/c34-36-35-16-17-40-18-19-41-20-21-42-29-22-27(45-32(38)25-12-6-2-7-13-25)30(46-33(39)26-14-8-3-9-15-26)28(44-29)23-43-31(37)24-10-4-1-5-11-24/h1-15,22,27-28,30H,16-21,23H2/t27?,28?,30-/m0/s1. The molecule has 1 aliphatic rings. The van der Waals surface area contributed by atoms with Crippen LogP contribution in [0.2, 0.25) is 0 Å². The third-order valence-electron chi connectivity index (χ3n) is 6.39. The summed E-state index contributed by atoms with van der Waals surface area (Å²) in [7, 11) is 0. The summed E-state index contributed by atoms with van der Waals surface area (Å²) in [5, 5.41) is 3.38. The Morgan fingerprint density at radius 2 is 1.22 bits per heavy atom. The van der Waals surface area contributed by atoms with Crippen LogP contribution in [0.4, 0.5) is 0 Å². The molecule has 0 radical (unpaired) electrons. The number of nitrogens with zero attached hydrogens (tertiary/aromatic N) is 3. The Morgan fingerprint density at radius 1 is 0.696 bits per heavy atom. The monoisotopic (exact) mass is 631 g/mol. The van der Waals surface area contributed by atoms with Crippen molar-refractivity contribution in [1.82, 2.24) is 0 Å². The third-order valence-corrected chi connectivity index (χ3v) is 6.39. The zero-order chi connectivity index (χ0) is 32.4. The van der Waals surface area contributed by atoms with Gasteiger partial charge in [0.1, 0.15) is 13.2 Å². The van der Waals surface area contributed by atoms with E-state index in [1.807, 2.05) is 0 Å². The van der Waals surface area contributed by atoms with E-state index in [4.69, 9.17) is 38.7 Å². The smallest absolute Gasteiger partial charge is 0.338 e. The number of rotatable bonds is 17. The van der Waals surface area contributed by atoms with Gasteiger partial charge < -0.3 is 33.2 Å². The lowest BCUT2D eigenvalue weighted by Gasteiger charge is -2.35. The molecule has 0 fully saturated rings. The van der Waals surface area contributed by atoms with Gasteiger partial charge in [0, 0.05) is 17.5 Å². The second-order valence-corrected chi connectivity index (χ2v) is 9.61. The van der Waals surface area contributed by atoms with E-state index in [-0.39, 0.29) is 56.7 Å². The van der Waals surface area contributed by atoms with Crippen molar-refractivity contribution in [2.75, 3.05) is 46.2 Å². The number of hydrogen-bond donors (Lipinski definition) is 0. The topological polar surface area (TPSA) is 165 Å².